The number of aromatic nitrogens is 2. The first-order valence-electron chi connectivity index (χ1n) is 11.8. The Hall–Kier alpha value is -2.46. The van der Waals surface area contributed by atoms with Crippen LogP contribution in [0.25, 0.3) is 0 Å². The normalized spacial score (nSPS) is 24.3. The molecule has 196 valence electrons. The molecule has 36 heavy (non-hydrogen) atoms. The van der Waals surface area contributed by atoms with E-state index in [0.29, 0.717) is 36.5 Å². The molecule has 0 aromatic carbocycles. The van der Waals surface area contributed by atoms with Crippen LogP contribution in [0.2, 0.25) is 10.3 Å². The van der Waals surface area contributed by atoms with Gasteiger partial charge < -0.3 is 20.3 Å². The summed E-state index contributed by atoms with van der Waals surface area (Å²) < 4.78 is 5.45. The minimum atomic E-state index is -0.699. The molecule has 4 rings (SSSR count). The van der Waals surface area contributed by atoms with Gasteiger partial charge in [-0.05, 0) is 57.9 Å². The minimum Gasteiger partial charge on any atom is -0.444 e. The summed E-state index contributed by atoms with van der Waals surface area (Å²) in [6.45, 7) is 12.8. The molecule has 3 N–H and O–H groups in total. The Morgan fingerprint density at radius 2 is 1.58 bits per heavy atom. The van der Waals surface area contributed by atoms with Gasteiger partial charge >= 0.3 is 6.09 Å². The van der Waals surface area contributed by atoms with E-state index >= 15 is 0 Å². The number of pyridine rings is 2. The van der Waals surface area contributed by atoms with Crippen molar-refractivity contribution >= 4 is 35.2 Å². The molecule has 2 aromatic heterocycles. The number of carbonyl (C=O) groups excluding carboxylic acids is 2. The molecule has 4 heterocycles. The lowest BCUT2D eigenvalue weighted by Gasteiger charge is -2.41. The number of carbonyl (C=O) groups is 2. The maximum absolute atomic E-state index is 12.2. The Labute approximate surface area is 222 Å². The highest BCUT2D eigenvalue weighted by Crippen LogP contribution is 2.26. The van der Waals surface area contributed by atoms with Crippen molar-refractivity contribution in [3.63, 3.8) is 0 Å². The Kier molecular flexibility index (Phi) is 8.82. The van der Waals surface area contributed by atoms with Crippen molar-refractivity contribution in [3.05, 3.63) is 58.1 Å². The number of nitrogens with one attached hydrogen (secondary N) is 3. The second-order valence-electron chi connectivity index (χ2n) is 10.2. The standard InChI is InChI=1S/C15H22ClN3O2.C10H12ClN3O/c1-14(2,3)21-13(20)19-8-7-18-15(4,10-19)11-5-6-12(16)17-9-11;1-10(9(15)12-4-5-14-10)7-2-3-8(11)13-6-7/h5-6,9,18H,7-8,10H2,1-4H3;2-3,6,14H,4-5H2,1H3,(H,12,15). The first-order chi connectivity index (χ1) is 16.8. The third-order valence-corrected chi connectivity index (χ3v) is 6.52. The smallest absolute Gasteiger partial charge is 0.410 e. The van der Waals surface area contributed by atoms with Gasteiger partial charge in [0, 0.05) is 45.1 Å². The molecular formula is C25H34Cl2N6O3. The largest absolute Gasteiger partial charge is 0.444 e. The maximum Gasteiger partial charge on any atom is 0.410 e. The topological polar surface area (TPSA) is 108 Å². The minimum absolute atomic E-state index is 0.0297. The maximum atomic E-state index is 12.2. The first-order valence-corrected chi connectivity index (χ1v) is 12.6. The summed E-state index contributed by atoms with van der Waals surface area (Å²) in [6.07, 6.45) is 3.09. The Morgan fingerprint density at radius 1 is 0.972 bits per heavy atom. The van der Waals surface area contributed by atoms with Gasteiger partial charge in [-0.15, -0.1) is 0 Å². The predicted octanol–water partition coefficient (Wildman–Crippen LogP) is 3.46. The van der Waals surface area contributed by atoms with E-state index < -0.39 is 11.1 Å². The molecule has 2 aliphatic heterocycles. The highest BCUT2D eigenvalue weighted by molar-refractivity contribution is 6.29. The third-order valence-electron chi connectivity index (χ3n) is 6.07. The van der Waals surface area contributed by atoms with Gasteiger partial charge in [-0.1, -0.05) is 35.3 Å². The zero-order valence-electron chi connectivity index (χ0n) is 21.3. The third kappa shape index (κ3) is 7.06. The summed E-state index contributed by atoms with van der Waals surface area (Å²) in [5, 5.41) is 10.3. The van der Waals surface area contributed by atoms with Crippen LogP contribution in [0.5, 0.6) is 0 Å². The molecule has 0 bridgehead atoms. The molecule has 0 spiro atoms. The average Bonchev–Trinajstić information content (AvgIpc) is 2.81. The van der Waals surface area contributed by atoms with Gasteiger partial charge in [0.25, 0.3) is 0 Å². The van der Waals surface area contributed by atoms with Gasteiger partial charge in [0.2, 0.25) is 5.91 Å². The van der Waals surface area contributed by atoms with Crippen LogP contribution in [-0.4, -0.2) is 65.2 Å². The van der Waals surface area contributed by atoms with Crippen molar-refractivity contribution in [2.75, 3.05) is 32.7 Å². The fourth-order valence-corrected chi connectivity index (χ4v) is 4.24. The van der Waals surface area contributed by atoms with Crippen LogP contribution < -0.4 is 16.0 Å². The number of hydrogen-bond acceptors (Lipinski definition) is 7. The van der Waals surface area contributed by atoms with E-state index in [1.165, 1.54) is 0 Å². The number of nitrogens with zero attached hydrogens (tertiary/aromatic N) is 3. The molecule has 2 fully saturated rings. The molecule has 2 amide bonds. The summed E-state index contributed by atoms with van der Waals surface area (Å²) in [4.78, 5) is 33.8. The Balaban J connectivity index is 0.000000212. The summed E-state index contributed by atoms with van der Waals surface area (Å²) in [5.74, 6) is -0.0297. The summed E-state index contributed by atoms with van der Waals surface area (Å²) >= 11 is 11.5. The molecule has 2 aromatic rings. The summed E-state index contributed by atoms with van der Waals surface area (Å²) in [5.41, 5.74) is 0.284. The monoisotopic (exact) mass is 536 g/mol. The van der Waals surface area contributed by atoms with Crippen LogP contribution in [0, 0.1) is 0 Å². The summed E-state index contributed by atoms with van der Waals surface area (Å²) in [7, 11) is 0. The molecule has 0 aliphatic carbocycles. The van der Waals surface area contributed by atoms with Gasteiger partial charge in [0.1, 0.15) is 21.4 Å². The van der Waals surface area contributed by atoms with Crippen molar-refractivity contribution in [3.8, 4) is 0 Å². The van der Waals surface area contributed by atoms with Crippen molar-refractivity contribution in [1.82, 2.24) is 30.8 Å². The lowest BCUT2D eigenvalue weighted by Crippen LogP contribution is -2.59. The molecule has 0 saturated carbocycles. The van der Waals surface area contributed by atoms with Gasteiger partial charge in [0.05, 0.1) is 5.54 Å². The molecule has 9 nitrogen and oxygen atoms in total. The van der Waals surface area contributed by atoms with Crippen LogP contribution in [0.3, 0.4) is 0 Å². The van der Waals surface area contributed by atoms with E-state index in [-0.39, 0.29) is 17.5 Å². The van der Waals surface area contributed by atoms with Crippen LogP contribution in [0.4, 0.5) is 4.79 Å². The molecule has 0 radical (unpaired) electrons. The Bertz CT molecular complexity index is 1060. The SMILES string of the molecule is CC(C)(C)OC(=O)N1CCNC(C)(c2ccc(Cl)nc2)C1.CC1(c2ccc(Cl)nc2)NCCNC1=O. The van der Waals surface area contributed by atoms with Crippen molar-refractivity contribution in [2.24, 2.45) is 0 Å². The first kappa shape index (κ1) is 28.1. The van der Waals surface area contributed by atoms with E-state index in [0.717, 1.165) is 17.7 Å². The van der Waals surface area contributed by atoms with Gasteiger partial charge in [0.15, 0.2) is 0 Å². The molecule has 11 heteroatoms. The fourth-order valence-electron chi connectivity index (χ4n) is 4.01. The summed E-state index contributed by atoms with van der Waals surface area (Å²) in [6, 6.07) is 7.19. The Morgan fingerprint density at radius 3 is 2.11 bits per heavy atom. The fraction of sp³-hybridized carbons (Fsp3) is 0.520. The zero-order valence-corrected chi connectivity index (χ0v) is 22.8. The van der Waals surface area contributed by atoms with E-state index in [4.69, 9.17) is 27.9 Å². The van der Waals surface area contributed by atoms with Gasteiger partial charge in [-0.3, -0.25) is 10.1 Å². The van der Waals surface area contributed by atoms with Crippen molar-refractivity contribution in [1.29, 1.82) is 0 Å². The lowest BCUT2D eigenvalue weighted by atomic mass is 9.91. The van der Waals surface area contributed by atoms with E-state index in [1.807, 2.05) is 39.8 Å². The average molecular weight is 537 g/mol. The van der Waals surface area contributed by atoms with Crippen LogP contribution >= 0.6 is 23.2 Å². The van der Waals surface area contributed by atoms with Crippen molar-refractivity contribution in [2.45, 2.75) is 51.3 Å². The second kappa shape index (κ2) is 11.3. The molecular weight excluding hydrogens is 503 g/mol. The second-order valence-corrected chi connectivity index (χ2v) is 11.0. The van der Waals surface area contributed by atoms with E-state index in [1.54, 1.807) is 29.4 Å². The molecule has 2 atom stereocenters. The van der Waals surface area contributed by atoms with Gasteiger partial charge in [-0.2, -0.15) is 0 Å². The lowest BCUT2D eigenvalue weighted by molar-refractivity contribution is -0.129. The predicted molar refractivity (Wildman–Crippen MR) is 140 cm³/mol. The van der Waals surface area contributed by atoms with E-state index in [9.17, 15) is 9.59 Å². The van der Waals surface area contributed by atoms with Crippen LogP contribution in [0.1, 0.15) is 45.7 Å². The number of amides is 2. The zero-order chi connectivity index (χ0) is 26.6. The number of halogens is 2. The highest BCUT2D eigenvalue weighted by Gasteiger charge is 2.37. The molecule has 2 saturated heterocycles. The van der Waals surface area contributed by atoms with Crippen LogP contribution in [0.15, 0.2) is 36.7 Å². The number of rotatable bonds is 2. The van der Waals surface area contributed by atoms with Crippen molar-refractivity contribution < 1.29 is 14.3 Å². The molecule has 2 aliphatic rings. The number of hydrogen-bond donors (Lipinski definition) is 3. The number of ether oxygens (including phenoxy) is 1. The quantitative estimate of drug-likeness (QED) is 0.504. The van der Waals surface area contributed by atoms with E-state index in [2.05, 4.69) is 32.8 Å². The number of piperazine rings is 2. The highest BCUT2D eigenvalue weighted by atomic mass is 35.5. The molecule has 2 unspecified atom stereocenters. The van der Waals surface area contributed by atoms with Gasteiger partial charge in [-0.25, -0.2) is 14.8 Å². The van der Waals surface area contributed by atoms with Crippen LogP contribution in [-0.2, 0) is 20.6 Å².